The van der Waals surface area contributed by atoms with Gasteiger partial charge in [0.25, 0.3) is 0 Å². The van der Waals surface area contributed by atoms with E-state index in [4.69, 9.17) is 4.74 Å². The second kappa shape index (κ2) is 5.27. The smallest absolute Gasteiger partial charge is 0.220 e. The number of carbonyl (C=O) groups is 1. The fourth-order valence-corrected chi connectivity index (χ4v) is 4.00. The number of carbonyl (C=O) groups excluding carboxylic acids is 1. The van der Waals surface area contributed by atoms with Crippen LogP contribution >= 0.6 is 0 Å². The Balaban J connectivity index is 1.52. The molecule has 0 unspecified atom stereocenters. The molecule has 6 nitrogen and oxygen atoms in total. The molecular weight excluding hydrogens is 280 g/mol. The summed E-state index contributed by atoms with van der Waals surface area (Å²) in [5.41, 5.74) is 0. The molecule has 1 aliphatic carbocycles. The van der Waals surface area contributed by atoms with E-state index in [0.29, 0.717) is 32.0 Å². The second-order valence-electron chi connectivity index (χ2n) is 6.33. The van der Waals surface area contributed by atoms with Crippen LogP contribution < -0.4 is 5.32 Å². The lowest BCUT2D eigenvalue weighted by atomic mass is 9.90. The van der Waals surface area contributed by atoms with E-state index in [2.05, 4.69) is 5.32 Å². The zero-order chi connectivity index (χ0) is 14.3. The Morgan fingerprint density at radius 2 is 2.10 bits per heavy atom. The molecule has 0 bridgehead atoms. The van der Waals surface area contributed by atoms with Crippen LogP contribution in [-0.4, -0.2) is 57.2 Å². The number of ether oxygens (including phenoxy) is 1. The van der Waals surface area contributed by atoms with Gasteiger partial charge >= 0.3 is 0 Å². The summed E-state index contributed by atoms with van der Waals surface area (Å²) in [5.74, 6) is 1.06. The van der Waals surface area contributed by atoms with Crippen LogP contribution in [0.5, 0.6) is 0 Å². The number of hydrogen-bond donors (Lipinski definition) is 1. The van der Waals surface area contributed by atoms with Crippen molar-refractivity contribution in [2.75, 3.05) is 32.5 Å². The molecule has 2 heterocycles. The third-order valence-electron chi connectivity index (χ3n) is 4.61. The van der Waals surface area contributed by atoms with Crippen LogP contribution in [0.4, 0.5) is 0 Å². The van der Waals surface area contributed by atoms with Gasteiger partial charge in [-0.3, -0.25) is 4.79 Å². The molecule has 114 valence electrons. The molecule has 7 heteroatoms. The summed E-state index contributed by atoms with van der Waals surface area (Å²) < 4.78 is 30.3. The van der Waals surface area contributed by atoms with Crippen molar-refractivity contribution in [2.45, 2.75) is 25.4 Å². The van der Waals surface area contributed by atoms with Gasteiger partial charge in [0.1, 0.15) is 0 Å². The molecule has 1 amide bonds. The van der Waals surface area contributed by atoms with E-state index >= 15 is 0 Å². The van der Waals surface area contributed by atoms with Gasteiger partial charge in [0.15, 0.2) is 0 Å². The minimum atomic E-state index is -3.16. The van der Waals surface area contributed by atoms with Crippen molar-refractivity contribution in [1.82, 2.24) is 9.62 Å². The van der Waals surface area contributed by atoms with Crippen LogP contribution in [0, 0.1) is 17.8 Å². The third kappa shape index (κ3) is 3.15. The Labute approximate surface area is 119 Å². The first kappa shape index (κ1) is 14.3. The van der Waals surface area contributed by atoms with E-state index in [1.165, 1.54) is 23.4 Å². The van der Waals surface area contributed by atoms with Crippen LogP contribution in [0.15, 0.2) is 0 Å². The fourth-order valence-electron chi connectivity index (χ4n) is 3.13. The quantitative estimate of drug-likeness (QED) is 0.764. The number of nitrogens with one attached hydrogen (secondary N) is 1. The predicted octanol–water partition coefficient (Wildman–Crippen LogP) is -0.191. The van der Waals surface area contributed by atoms with Gasteiger partial charge in [-0.25, -0.2) is 8.42 Å². The average Bonchev–Trinajstić information content (AvgIpc) is 2.96. The monoisotopic (exact) mass is 302 g/mol. The van der Waals surface area contributed by atoms with Crippen molar-refractivity contribution < 1.29 is 17.9 Å². The largest absolute Gasteiger partial charge is 0.376 e. The Hall–Kier alpha value is -0.660. The van der Waals surface area contributed by atoms with E-state index in [0.717, 1.165) is 6.54 Å². The normalized spacial score (nSPS) is 34.1. The highest BCUT2D eigenvalue weighted by atomic mass is 32.2. The van der Waals surface area contributed by atoms with E-state index in [1.807, 2.05) is 0 Å². The highest BCUT2D eigenvalue weighted by molar-refractivity contribution is 7.88. The van der Waals surface area contributed by atoms with Crippen LogP contribution in [0.25, 0.3) is 0 Å². The minimum absolute atomic E-state index is 0.0362. The van der Waals surface area contributed by atoms with Gasteiger partial charge in [-0.05, 0) is 24.7 Å². The Kier molecular flexibility index (Phi) is 3.77. The fraction of sp³-hybridized carbons (Fsp3) is 0.923. The molecule has 3 atom stereocenters. The van der Waals surface area contributed by atoms with E-state index in [1.54, 1.807) is 0 Å². The Morgan fingerprint density at radius 3 is 2.75 bits per heavy atom. The number of amides is 1. The molecule has 0 radical (unpaired) electrons. The lowest BCUT2D eigenvalue weighted by molar-refractivity contribution is -0.122. The molecule has 3 aliphatic rings. The van der Waals surface area contributed by atoms with Crippen molar-refractivity contribution in [1.29, 1.82) is 0 Å². The number of nitrogens with zero attached hydrogens (tertiary/aromatic N) is 1. The predicted molar refractivity (Wildman–Crippen MR) is 73.5 cm³/mol. The summed E-state index contributed by atoms with van der Waals surface area (Å²) in [4.78, 5) is 11.9. The Morgan fingerprint density at radius 1 is 1.35 bits per heavy atom. The average molecular weight is 302 g/mol. The van der Waals surface area contributed by atoms with E-state index in [9.17, 15) is 13.2 Å². The molecule has 0 spiro atoms. The first-order valence-corrected chi connectivity index (χ1v) is 9.11. The van der Waals surface area contributed by atoms with Crippen LogP contribution in [-0.2, 0) is 19.6 Å². The lowest BCUT2D eigenvalue weighted by Gasteiger charge is -2.17. The van der Waals surface area contributed by atoms with Crippen LogP contribution in [0.3, 0.4) is 0 Å². The van der Waals surface area contributed by atoms with Gasteiger partial charge in [0.2, 0.25) is 15.9 Å². The maximum Gasteiger partial charge on any atom is 0.220 e. The highest BCUT2D eigenvalue weighted by Crippen LogP contribution is 2.36. The van der Waals surface area contributed by atoms with Gasteiger partial charge in [-0.1, -0.05) is 0 Å². The summed E-state index contributed by atoms with van der Waals surface area (Å²) in [7, 11) is -3.16. The number of sulfonamides is 1. The number of rotatable bonds is 5. The number of hydrogen-bond acceptors (Lipinski definition) is 4. The third-order valence-corrected chi connectivity index (χ3v) is 5.84. The van der Waals surface area contributed by atoms with Gasteiger partial charge in [0, 0.05) is 32.0 Å². The van der Waals surface area contributed by atoms with Gasteiger partial charge in [-0.2, -0.15) is 4.31 Å². The standard InChI is InChI=1S/C13H22N2O4S/c1-20(17,18)15-6-11-10(8-19-12(11)7-15)4-13(16)14-5-9-2-3-9/h9-12H,2-8H2,1H3,(H,14,16)/t10-,11+,12+/m1/s1. The molecule has 1 N–H and O–H groups in total. The van der Waals surface area contributed by atoms with Gasteiger partial charge < -0.3 is 10.1 Å². The van der Waals surface area contributed by atoms with Crippen molar-refractivity contribution in [3.05, 3.63) is 0 Å². The summed E-state index contributed by atoms with van der Waals surface area (Å²) >= 11 is 0. The second-order valence-corrected chi connectivity index (χ2v) is 8.31. The first-order chi connectivity index (χ1) is 9.43. The van der Waals surface area contributed by atoms with Crippen molar-refractivity contribution >= 4 is 15.9 Å². The topological polar surface area (TPSA) is 75.7 Å². The first-order valence-electron chi connectivity index (χ1n) is 7.27. The molecule has 20 heavy (non-hydrogen) atoms. The van der Waals surface area contributed by atoms with E-state index in [-0.39, 0.29) is 23.8 Å². The SMILES string of the molecule is CS(=O)(=O)N1C[C@H]2[C@H](CC(=O)NCC3CC3)CO[C@H]2C1. The molecule has 2 saturated heterocycles. The van der Waals surface area contributed by atoms with Crippen molar-refractivity contribution in [3.63, 3.8) is 0 Å². The highest BCUT2D eigenvalue weighted by Gasteiger charge is 2.46. The summed E-state index contributed by atoms with van der Waals surface area (Å²) in [6.45, 7) is 2.29. The lowest BCUT2D eigenvalue weighted by Crippen LogP contribution is -2.32. The molecule has 1 saturated carbocycles. The minimum Gasteiger partial charge on any atom is -0.376 e. The van der Waals surface area contributed by atoms with Crippen LogP contribution in [0.2, 0.25) is 0 Å². The zero-order valence-corrected chi connectivity index (χ0v) is 12.6. The molecule has 0 aromatic carbocycles. The summed E-state index contributed by atoms with van der Waals surface area (Å²) in [6, 6.07) is 0. The summed E-state index contributed by atoms with van der Waals surface area (Å²) in [6.07, 6.45) is 4.09. The van der Waals surface area contributed by atoms with E-state index < -0.39 is 10.0 Å². The maximum absolute atomic E-state index is 11.9. The number of fused-ring (bicyclic) bond motifs is 1. The molecule has 0 aromatic heterocycles. The van der Waals surface area contributed by atoms with Crippen LogP contribution in [0.1, 0.15) is 19.3 Å². The van der Waals surface area contributed by atoms with Gasteiger partial charge in [-0.15, -0.1) is 0 Å². The molecule has 0 aromatic rings. The van der Waals surface area contributed by atoms with Crippen molar-refractivity contribution in [3.8, 4) is 0 Å². The van der Waals surface area contributed by atoms with Crippen molar-refractivity contribution in [2.24, 2.45) is 17.8 Å². The molecule has 2 aliphatic heterocycles. The molecular formula is C13H22N2O4S. The zero-order valence-electron chi connectivity index (χ0n) is 11.7. The molecule has 3 rings (SSSR count). The Bertz CT molecular complexity index is 489. The summed E-state index contributed by atoms with van der Waals surface area (Å²) in [5, 5.41) is 2.97. The molecule has 3 fully saturated rings. The maximum atomic E-state index is 11.9. The van der Waals surface area contributed by atoms with Gasteiger partial charge in [0.05, 0.1) is 19.0 Å².